The first-order chi connectivity index (χ1) is 14.7. The number of nitrogens with zero attached hydrogens (tertiary/aromatic N) is 1. The number of benzene rings is 2. The maximum Gasteiger partial charge on any atom is 0.261 e. The normalized spacial score (nSPS) is 15.0. The summed E-state index contributed by atoms with van der Waals surface area (Å²) in [6, 6.07) is 13.3. The number of carbonyl (C=O) groups excluding carboxylic acids is 2. The molecule has 1 saturated heterocycles. The fourth-order valence-corrected chi connectivity index (χ4v) is 4.74. The zero-order valence-electron chi connectivity index (χ0n) is 18.1. The van der Waals surface area contributed by atoms with Crippen molar-refractivity contribution < 1.29 is 18.0 Å². The summed E-state index contributed by atoms with van der Waals surface area (Å²) in [4.78, 5) is 26.5. The second-order valence-corrected chi connectivity index (χ2v) is 9.77. The van der Waals surface area contributed by atoms with Gasteiger partial charge in [0.05, 0.1) is 4.90 Å². The number of likely N-dealkylation sites (tertiary alicyclic amines) is 1. The summed E-state index contributed by atoms with van der Waals surface area (Å²) < 4.78 is 28.1. The Bertz CT molecular complexity index is 1040. The second kappa shape index (κ2) is 9.51. The second-order valence-electron chi connectivity index (χ2n) is 8.09. The van der Waals surface area contributed by atoms with Gasteiger partial charge < -0.3 is 10.2 Å². The van der Waals surface area contributed by atoms with Gasteiger partial charge in [-0.25, -0.2) is 8.42 Å². The average Bonchev–Trinajstić information content (AvgIpc) is 2.78. The lowest BCUT2D eigenvalue weighted by Crippen LogP contribution is -2.42. The van der Waals surface area contributed by atoms with Crippen LogP contribution in [-0.4, -0.2) is 45.3 Å². The molecule has 166 valence electrons. The molecule has 2 N–H and O–H groups in total. The smallest absolute Gasteiger partial charge is 0.261 e. The number of nitrogens with one attached hydrogen (secondary N) is 2. The van der Waals surface area contributed by atoms with E-state index in [9.17, 15) is 18.0 Å². The number of carbonyl (C=O) groups is 2. The molecule has 2 amide bonds. The highest BCUT2D eigenvalue weighted by atomic mass is 32.2. The van der Waals surface area contributed by atoms with E-state index in [-0.39, 0.29) is 22.6 Å². The molecule has 0 spiro atoms. The van der Waals surface area contributed by atoms with E-state index >= 15 is 0 Å². The Morgan fingerprint density at radius 3 is 2.26 bits per heavy atom. The molecule has 0 atom stereocenters. The van der Waals surface area contributed by atoms with Crippen molar-refractivity contribution in [1.82, 2.24) is 10.2 Å². The third-order valence-corrected chi connectivity index (χ3v) is 7.02. The number of hydrogen-bond donors (Lipinski definition) is 2. The molecule has 0 bridgehead atoms. The van der Waals surface area contributed by atoms with E-state index < -0.39 is 10.0 Å². The Balaban J connectivity index is 1.70. The van der Waals surface area contributed by atoms with Gasteiger partial charge in [0.2, 0.25) is 5.91 Å². The van der Waals surface area contributed by atoms with Crippen LogP contribution in [-0.2, 0) is 14.8 Å². The van der Waals surface area contributed by atoms with Crippen molar-refractivity contribution in [3.8, 4) is 0 Å². The maximum atomic E-state index is 12.9. The van der Waals surface area contributed by atoms with E-state index in [1.807, 2.05) is 26.0 Å². The van der Waals surface area contributed by atoms with Crippen LogP contribution in [0.2, 0.25) is 0 Å². The summed E-state index contributed by atoms with van der Waals surface area (Å²) >= 11 is 0. The van der Waals surface area contributed by atoms with Gasteiger partial charge in [0, 0.05) is 37.3 Å². The van der Waals surface area contributed by atoms with E-state index in [0.717, 1.165) is 5.56 Å². The fraction of sp³-hybridized carbons (Fsp3) is 0.391. The van der Waals surface area contributed by atoms with E-state index in [4.69, 9.17) is 0 Å². The molecule has 3 rings (SSSR count). The molecule has 31 heavy (non-hydrogen) atoms. The standard InChI is InChI=1S/C23H29N3O4S/c1-16(2)17-7-9-21(10-8-17)31(29,30)25-20-6-4-5-19(15-20)23(28)26-13-11-18(12-14-26)22(27)24-3/h4-10,15-16,18,25H,11-14H2,1-3H3,(H,24,27). The summed E-state index contributed by atoms with van der Waals surface area (Å²) in [7, 11) is -2.15. The summed E-state index contributed by atoms with van der Waals surface area (Å²) in [5, 5.41) is 2.65. The van der Waals surface area contributed by atoms with Crippen LogP contribution in [0.1, 0.15) is 48.5 Å². The molecule has 7 nitrogen and oxygen atoms in total. The molecule has 0 aliphatic carbocycles. The van der Waals surface area contributed by atoms with Crippen LogP contribution in [0.5, 0.6) is 0 Å². The van der Waals surface area contributed by atoms with Gasteiger partial charge in [-0.15, -0.1) is 0 Å². The van der Waals surface area contributed by atoms with Gasteiger partial charge in [0.15, 0.2) is 0 Å². The highest BCUT2D eigenvalue weighted by molar-refractivity contribution is 7.92. The first-order valence-electron chi connectivity index (χ1n) is 10.4. The van der Waals surface area contributed by atoms with Crippen LogP contribution >= 0.6 is 0 Å². The van der Waals surface area contributed by atoms with E-state index in [1.54, 1.807) is 48.3 Å². The van der Waals surface area contributed by atoms with Crippen LogP contribution in [0, 0.1) is 5.92 Å². The van der Waals surface area contributed by atoms with Gasteiger partial charge >= 0.3 is 0 Å². The number of sulfonamides is 1. The summed E-state index contributed by atoms with van der Waals surface area (Å²) in [6.45, 7) is 5.08. The number of amides is 2. The Hall–Kier alpha value is -2.87. The lowest BCUT2D eigenvalue weighted by Gasteiger charge is -2.31. The number of piperidine rings is 1. The third-order valence-electron chi connectivity index (χ3n) is 5.62. The maximum absolute atomic E-state index is 12.9. The molecule has 1 heterocycles. The lowest BCUT2D eigenvalue weighted by atomic mass is 9.95. The van der Waals surface area contributed by atoms with Crippen molar-refractivity contribution in [3.05, 3.63) is 59.7 Å². The molecule has 1 fully saturated rings. The molecular formula is C23H29N3O4S. The lowest BCUT2D eigenvalue weighted by molar-refractivity contribution is -0.125. The first kappa shape index (κ1) is 22.8. The minimum absolute atomic E-state index is 0.00456. The largest absolute Gasteiger partial charge is 0.359 e. The van der Waals surface area contributed by atoms with Crippen LogP contribution in [0.15, 0.2) is 53.4 Å². The summed E-state index contributed by atoms with van der Waals surface area (Å²) in [5.74, 6) is 0.0747. The monoisotopic (exact) mass is 443 g/mol. The minimum Gasteiger partial charge on any atom is -0.359 e. The molecular weight excluding hydrogens is 414 g/mol. The fourth-order valence-electron chi connectivity index (χ4n) is 3.69. The number of anilines is 1. The molecule has 0 aromatic heterocycles. The van der Waals surface area contributed by atoms with Crippen molar-refractivity contribution in [2.75, 3.05) is 24.9 Å². The van der Waals surface area contributed by atoms with Crippen molar-refractivity contribution in [1.29, 1.82) is 0 Å². The van der Waals surface area contributed by atoms with Crippen molar-refractivity contribution >= 4 is 27.5 Å². The van der Waals surface area contributed by atoms with Gasteiger partial charge in [-0.05, 0) is 54.7 Å². The van der Waals surface area contributed by atoms with E-state index in [2.05, 4.69) is 10.0 Å². The topological polar surface area (TPSA) is 95.6 Å². The SMILES string of the molecule is CNC(=O)C1CCN(C(=O)c2cccc(NS(=O)(=O)c3ccc(C(C)C)cc3)c2)CC1. The Labute approximate surface area is 183 Å². The molecule has 2 aromatic rings. The quantitative estimate of drug-likeness (QED) is 0.717. The number of hydrogen-bond acceptors (Lipinski definition) is 4. The van der Waals surface area contributed by atoms with E-state index in [1.165, 1.54) is 0 Å². The predicted molar refractivity (Wildman–Crippen MR) is 120 cm³/mol. The zero-order valence-corrected chi connectivity index (χ0v) is 18.9. The van der Waals surface area contributed by atoms with Crippen molar-refractivity contribution in [3.63, 3.8) is 0 Å². The van der Waals surface area contributed by atoms with E-state index in [0.29, 0.717) is 43.1 Å². The van der Waals surface area contributed by atoms with Crippen LogP contribution in [0.4, 0.5) is 5.69 Å². The molecule has 8 heteroatoms. The minimum atomic E-state index is -3.76. The molecule has 2 aromatic carbocycles. The Kier molecular flexibility index (Phi) is 7.00. The molecule has 1 aliphatic rings. The zero-order chi connectivity index (χ0) is 22.6. The summed E-state index contributed by atoms with van der Waals surface area (Å²) in [6.07, 6.45) is 1.23. The van der Waals surface area contributed by atoms with Crippen molar-refractivity contribution in [2.24, 2.45) is 5.92 Å². The van der Waals surface area contributed by atoms with Crippen LogP contribution in [0.3, 0.4) is 0 Å². The summed E-state index contributed by atoms with van der Waals surface area (Å²) in [5.41, 5.74) is 1.81. The van der Waals surface area contributed by atoms with Gasteiger partial charge in [-0.1, -0.05) is 32.0 Å². The predicted octanol–water partition coefficient (Wildman–Crippen LogP) is 3.21. The Morgan fingerprint density at radius 2 is 1.68 bits per heavy atom. The molecule has 0 saturated carbocycles. The number of rotatable bonds is 6. The van der Waals surface area contributed by atoms with Crippen LogP contribution < -0.4 is 10.0 Å². The van der Waals surface area contributed by atoms with Crippen LogP contribution in [0.25, 0.3) is 0 Å². The molecule has 0 unspecified atom stereocenters. The molecule has 0 radical (unpaired) electrons. The van der Waals surface area contributed by atoms with Crippen molar-refractivity contribution in [2.45, 2.75) is 37.5 Å². The molecule has 1 aliphatic heterocycles. The van der Waals surface area contributed by atoms with Gasteiger partial charge in [0.25, 0.3) is 15.9 Å². The van der Waals surface area contributed by atoms with Gasteiger partial charge in [-0.2, -0.15) is 0 Å². The Morgan fingerprint density at radius 1 is 1.03 bits per heavy atom. The third kappa shape index (κ3) is 5.44. The highest BCUT2D eigenvalue weighted by Crippen LogP contribution is 2.23. The highest BCUT2D eigenvalue weighted by Gasteiger charge is 2.27. The first-order valence-corrected chi connectivity index (χ1v) is 11.9. The van der Waals surface area contributed by atoms with Gasteiger partial charge in [0.1, 0.15) is 0 Å². The average molecular weight is 444 g/mol. The van der Waals surface area contributed by atoms with Gasteiger partial charge in [-0.3, -0.25) is 14.3 Å².